The molecule has 7 nitrogen and oxygen atoms in total. The van der Waals surface area contributed by atoms with Crippen LogP contribution in [0, 0.1) is 0 Å². The van der Waals surface area contributed by atoms with Crippen LogP contribution in [0.4, 0.5) is 5.69 Å². The van der Waals surface area contributed by atoms with Gasteiger partial charge in [0.15, 0.2) is 0 Å². The lowest BCUT2D eigenvalue weighted by Crippen LogP contribution is -2.52. The molecule has 0 saturated carbocycles. The Morgan fingerprint density at radius 3 is 2.00 bits per heavy atom. The van der Waals surface area contributed by atoms with Crippen LogP contribution in [0.3, 0.4) is 0 Å². The van der Waals surface area contributed by atoms with E-state index in [1.54, 1.807) is 37.3 Å². The van der Waals surface area contributed by atoms with Crippen LogP contribution < -0.4 is 9.62 Å². The minimum Gasteiger partial charge on any atom is -0.355 e. The Bertz CT molecular complexity index is 1260. The summed E-state index contributed by atoms with van der Waals surface area (Å²) in [5, 5.41) is 2.77. The second kappa shape index (κ2) is 13.1. The van der Waals surface area contributed by atoms with Crippen molar-refractivity contribution in [1.82, 2.24) is 10.2 Å². The Balaban J connectivity index is 1.96. The summed E-state index contributed by atoms with van der Waals surface area (Å²) in [6.07, 6.45) is 1.34. The lowest BCUT2D eigenvalue weighted by Gasteiger charge is -2.32. The summed E-state index contributed by atoms with van der Waals surface area (Å²) in [5.41, 5.74) is 2.47. The van der Waals surface area contributed by atoms with Crippen LogP contribution in [0.1, 0.15) is 31.9 Å². The van der Waals surface area contributed by atoms with E-state index in [9.17, 15) is 18.0 Å². The number of sulfonamides is 1. The van der Waals surface area contributed by atoms with Crippen LogP contribution in [0.2, 0.25) is 0 Å². The molecule has 0 saturated heterocycles. The van der Waals surface area contributed by atoms with Gasteiger partial charge in [-0.15, -0.1) is 0 Å². The first-order chi connectivity index (χ1) is 17.8. The minimum atomic E-state index is -4.04. The van der Waals surface area contributed by atoms with Crippen LogP contribution >= 0.6 is 0 Å². The maximum Gasteiger partial charge on any atom is 0.264 e. The van der Waals surface area contributed by atoms with Gasteiger partial charge in [-0.25, -0.2) is 8.42 Å². The van der Waals surface area contributed by atoms with Gasteiger partial charge in [0.2, 0.25) is 11.8 Å². The highest BCUT2D eigenvalue weighted by molar-refractivity contribution is 7.92. The van der Waals surface area contributed by atoms with Crippen LogP contribution in [0.15, 0.2) is 89.8 Å². The van der Waals surface area contributed by atoms with Gasteiger partial charge < -0.3 is 10.2 Å². The molecule has 3 aromatic carbocycles. The summed E-state index contributed by atoms with van der Waals surface area (Å²) in [4.78, 5) is 28.0. The number of benzene rings is 3. The predicted octanol–water partition coefficient (Wildman–Crippen LogP) is 4.04. The van der Waals surface area contributed by atoms with Crippen molar-refractivity contribution in [3.8, 4) is 0 Å². The van der Waals surface area contributed by atoms with E-state index in [2.05, 4.69) is 5.32 Å². The number of amides is 2. The number of rotatable bonds is 12. The highest BCUT2D eigenvalue weighted by atomic mass is 32.2. The van der Waals surface area contributed by atoms with Crippen LogP contribution in [0.25, 0.3) is 0 Å². The first kappa shape index (κ1) is 27.9. The Morgan fingerprint density at radius 1 is 0.838 bits per heavy atom. The average Bonchev–Trinajstić information content (AvgIpc) is 2.93. The first-order valence-electron chi connectivity index (χ1n) is 12.6. The summed E-state index contributed by atoms with van der Waals surface area (Å²) >= 11 is 0. The second-order valence-electron chi connectivity index (χ2n) is 8.74. The average molecular weight is 522 g/mol. The van der Waals surface area contributed by atoms with Crippen LogP contribution in [0.5, 0.6) is 0 Å². The number of hydrogen-bond acceptors (Lipinski definition) is 4. The second-order valence-corrected chi connectivity index (χ2v) is 10.6. The third-order valence-electron chi connectivity index (χ3n) is 6.25. The SMILES string of the molecule is CCNC(=O)[C@H](C)N(CCc1ccccc1)C(=O)CN(c1ccc(CC)cc1)S(=O)(=O)c1ccccc1. The summed E-state index contributed by atoms with van der Waals surface area (Å²) in [6.45, 7) is 5.78. The van der Waals surface area contributed by atoms with Gasteiger partial charge in [0.05, 0.1) is 10.6 Å². The van der Waals surface area contributed by atoms with E-state index in [0.29, 0.717) is 18.7 Å². The number of nitrogens with zero attached hydrogens (tertiary/aromatic N) is 2. The molecular weight excluding hydrogens is 486 g/mol. The summed E-state index contributed by atoms with van der Waals surface area (Å²) < 4.78 is 28.5. The smallest absolute Gasteiger partial charge is 0.264 e. The van der Waals surface area contributed by atoms with E-state index in [0.717, 1.165) is 21.9 Å². The minimum absolute atomic E-state index is 0.0926. The summed E-state index contributed by atoms with van der Waals surface area (Å²) in [5.74, 6) is -0.734. The van der Waals surface area contributed by atoms with Crippen LogP contribution in [-0.4, -0.2) is 50.8 Å². The monoisotopic (exact) mass is 521 g/mol. The van der Waals surface area contributed by atoms with E-state index in [4.69, 9.17) is 0 Å². The maximum absolute atomic E-state index is 13.7. The Labute approximate surface area is 220 Å². The zero-order valence-electron chi connectivity index (χ0n) is 21.6. The lowest BCUT2D eigenvalue weighted by molar-refractivity contribution is -0.138. The summed E-state index contributed by atoms with van der Waals surface area (Å²) in [7, 11) is -4.04. The molecule has 0 aromatic heterocycles. The lowest BCUT2D eigenvalue weighted by atomic mass is 10.1. The van der Waals surface area contributed by atoms with E-state index in [1.165, 1.54) is 17.0 Å². The standard InChI is InChI=1S/C29H35N3O4S/c1-4-24-16-18-26(19-17-24)32(37(35,36)27-14-10-7-11-15-27)22-28(33)31(23(3)29(34)30-5-2)21-20-25-12-8-6-9-13-25/h6-19,23H,4-5,20-22H2,1-3H3,(H,30,34)/t23-/m0/s1. The molecule has 3 rings (SSSR count). The van der Waals surface area contributed by atoms with Gasteiger partial charge >= 0.3 is 0 Å². The molecule has 0 heterocycles. The van der Waals surface area contributed by atoms with Crippen molar-refractivity contribution in [3.05, 3.63) is 96.1 Å². The molecule has 37 heavy (non-hydrogen) atoms. The topological polar surface area (TPSA) is 86.8 Å². The normalized spacial score (nSPS) is 12.0. The Morgan fingerprint density at radius 2 is 1.43 bits per heavy atom. The molecule has 0 fully saturated rings. The predicted molar refractivity (Wildman–Crippen MR) is 147 cm³/mol. The number of carbonyl (C=O) groups is 2. The Kier molecular flexibility index (Phi) is 9.85. The molecule has 0 aliphatic rings. The molecule has 0 aliphatic heterocycles. The quantitative estimate of drug-likeness (QED) is 0.390. The Hall–Kier alpha value is -3.65. The fourth-order valence-electron chi connectivity index (χ4n) is 4.04. The fourth-order valence-corrected chi connectivity index (χ4v) is 5.47. The van der Waals surface area contributed by atoms with Crippen molar-refractivity contribution in [2.45, 2.75) is 44.6 Å². The number of anilines is 1. The van der Waals surface area contributed by atoms with Gasteiger partial charge in [0, 0.05) is 13.1 Å². The zero-order chi connectivity index (χ0) is 26.8. The number of hydrogen-bond donors (Lipinski definition) is 1. The molecule has 0 aliphatic carbocycles. The highest BCUT2D eigenvalue weighted by Crippen LogP contribution is 2.25. The van der Waals surface area contributed by atoms with Crippen LogP contribution in [-0.2, 0) is 32.5 Å². The number of aryl methyl sites for hydroxylation is 1. The van der Waals surface area contributed by atoms with Gasteiger partial charge in [0.1, 0.15) is 12.6 Å². The molecule has 2 amide bonds. The van der Waals surface area contributed by atoms with E-state index in [1.807, 2.05) is 56.3 Å². The molecule has 196 valence electrons. The third kappa shape index (κ3) is 7.20. The van der Waals surface area contributed by atoms with E-state index < -0.39 is 28.5 Å². The molecule has 3 aromatic rings. The van der Waals surface area contributed by atoms with Gasteiger partial charge in [-0.3, -0.25) is 13.9 Å². The molecular formula is C29H35N3O4S. The van der Waals surface area contributed by atoms with Gasteiger partial charge in [-0.2, -0.15) is 0 Å². The molecule has 0 unspecified atom stereocenters. The first-order valence-corrected chi connectivity index (χ1v) is 14.0. The van der Waals surface area contributed by atoms with Crippen molar-refractivity contribution < 1.29 is 18.0 Å². The molecule has 1 N–H and O–H groups in total. The zero-order valence-corrected chi connectivity index (χ0v) is 22.4. The highest BCUT2D eigenvalue weighted by Gasteiger charge is 2.32. The van der Waals surface area contributed by atoms with Crippen molar-refractivity contribution in [2.75, 3.05) is 23.9 Å². The third-order valence-corrected chi connectivity index (χ3v) is 8.03. The molecule has 8 heteroatoms. The molecule has 0 bridgehead atoms. The van der Waals surface area contributed by atoms with E-state index >= 15 is 0 Å². The van der Waals surface area contributed by atoms with Crippen molar-refractivity contribution in [1.29, 1.82) is 0 Å². The fraction of sp³-hybridized carbons (Fsp3) is 0.310. The largest absolute Gasteiger partial charge is 0.355 e. The van der Waals surface area contributed by atoms with Gasteiger partial charge in [-0.05, 0) is 62.1 Å². The van der Waals surface area contributed by atoms with Gasteiger partial charge in [-0.1, -0.05) is 67.6 Å². The molecule has 0 radical (unpaired) electrons. The van der Waals surface area contributed by atoms with Crippen molar-refractivity contribution in [3.63, 3.8) is 0 Å². The van der Waals surface area contributed by atoms with Gasteiger partial charge in [0.25, 0.3) is 10.0 Å². The van der Waals surface area contributed by atoms with Crippen molar-refractivity contribution in [2.24, 2.45) is 0 Å². The van der Waals surface area contributed by atoms with Crippen molar-refractivity contribution >= 4 is 27.5 Å². The number of carbonyl (C=O) groups excluding carboxylic acids is 2. The summed E-state index contributed by atoms with van der Waals surface area (Å²) in [6, 6.07) is 24.1. The number of likely N-dealkylation sites (N-methyl/N-ethyl adjacent to an activating group) is 1. The van der Waals surface area contributed by atoms with E-state index in [-0.39, 0.29) is 17.3 Å². The number of nitrogens with one attached hydrogen (secondary N) is 1. The maximum atomic E-state index is 13.7. The molecule has 0 spiro atoms. The molecule has 1 atom stereocenters.